The molecule has 202 valence electrons. The molecule has 0 fully saturated rings. The van der Waals surface area contributed by atoms with Crippen LogP contribution in [0, 0.1) is 17.0 Å². The summed E-state index contributed by atoms with van der Waals surface area (Å²) in [6.45, 7) is 5.52. The number of carbonyl (C=O) groups is 2. The maximum Gasteiger partial charge on any atom is 0.271 e. The van der Waals surface area contributed by atoms with Gasteiger partial charge in [-0.05, 0) is 37.3 Å². The zero-order valence-electron chi connectivity index (χ0n) is 21.8. The lowest BCUT2D eigenvalue weighted by molar-refractivity contribution is -0.384. The highest BCUT2D eigenvalue weighted by atomic mass is 32.2. The van der Waals surface area contributed by atoms with Gasteiger partial charge in [-0.3, -0.25) is 24.0 Å². The topological polar surface area (TPSA) is 130 Å². The number of unbranched alkanes of at least 4 members (excludes halogenated alkanes) is 1. The van der Waals surface area contributed by atoms with Crippen LogP contribution in [0.15, 0.2) is 48.5 Å². The van der Waals surface area contributed by atoms with E-state index in [1.807, 2.05) is 37.3 Å². The number of non-ortho nitro benzene ring substituents is 1. The van der Waals surface area contributed by atoms with Crippen LogP contribution in [0.25, 0.3) is 0 Å². The molecule has 1 N–H and O–H groups in total. The molecule has 0 radical (unpaired) electrons. The van der Waals surface area contributed by atoms with E-state index in [9.17, 15) is 28.1 Å². The first-order valence-electron chi connectivity index (χ1n) is 12.3. The van der Waals surface area contributed by atoms with E-state index in [4.69, 9.17) is 0 Å². The first-order chi connectivity index (χ1) is 17.5. The van der Waals surface area contributed by atoms with E-state index in [-0.39, 0.29) is 23.8 Å². The standard InChI is InChI=1S/C26H36N4O6S/c1-5-7-16-27-26(32)23(6-2)28(17-15-21-11-9-8-10-12-21)25(31)19-29(37(4,35)36)24-18-22(30(33)34)14-13-20(24)3/h8-14,18,23H,5-7,15-17,19H2,1-4H3,(H,27,32). The number of nitro groups is 1. The summed E-state index contributed by atoms with van der Waals surface area (Å²) in [5, 5.41) is 14.2. The SMILES string of the molecule is CCCCNC(=O)C(CC)N(CCc1ccccc1)C(=O)CN(c1cc([N+](=O)[O-])ccc1C)S(C)(=O)=O. The van der Waals surface area contributed by atoms with Crippen LogP contribution in [0.3, 0.4) is 0 Å². The number of nitrogens with one attached hydrogen (secondary N) is 1. The molecule has 2 rings (SSSR count). The van der Waals surface area contributed by atoms with Crippen molar-refractivity contribution in [3.8, 4) is 0 Å². The summed E-state index contributed by atoms with van der Waals surface area (Å²) in [7, 11) is -3.99. The highest BCUT2D eigenvalue weighted by molar-refractivity contribution is 7.92. The lowest BCUT2D eigenvalue weighted by Gasteiger charge is -2.33. The molecule has 0 aliphatic carbocycles. The van der Waals surface area contributed by atoms with Gasteiger partial charge in [0.05, 0.1) is 16.9 Å². The second-order valence-corrected chi connectivity index (χ2v) is 10.8. The Balaban J connectivity index is 2.42. The minimum absolute atomic E-state index is 0.0495. The third kappa shape index (κ3) is 8.56. The van der Waals surface area contributed by atoms with Crippen molar-refractivity contribution in [1.82, 2.24) is 10.2 Å². The monoisotopic (exact) mass is 532 g/mol. The van der Waals surface area contributed by atoms with Crippen LogP contribution in [0.5, 0.6) is 0 Å². The Morgan fingerprint density at radius 1 is 1.11 bits per heavy atom. The fourth-order valence-corrected chi connectivity index (χ4v) is 4.88. The van der Waals surface area contributed by atoms with Gasteiger partial charge in [0.25, 0.3) is 5.69 Å². The molecule has 0 bridgehead atoms. The average molecular weight is 533 g/mol. The summed E-state index contributed by atoms with van der Waals surface area (Å²) in [6.07, 6.45) is 3.46. The van der Waals surface area contributed by atoms with Crippen molar-refractivity contribution < 1.29 is 22.9 Å². The number of anilines is 1. The van der Waals surface area contributed by atoms with Crippen LogP contribution in [-0.4, -0.2) is 62.0 Å². The van der Waals surface area contributed by atoms with Crippen molar-refractivity contribution >= 4 is 33.2 Å². The summed E-state index contributed by atoms with van der Waals surface area (Å²) >= 11 is 0. The summed E-state index contributed by atoms with van der Waals surface area (Å²) in [5.74, 6) is -0.862. The Hall–Kier alpha value is -3.47. The van der Waals surface area contributed by atoms with Gasteiger partial charge in [0.15, 0.2) is 0 Å². The lowest BCUT2D eigenvalue weighted by Crippen LogP contribution is -2.53. The van der Waals surface area contributed by atoms with E-state index >= 15 is 0 Å². The molecule has 0 aromatic heterocycles. The van der Waals surface area contributed by atoms with Crippen LogP contribution in [0.2, 0.25) is 0 Å². The molecule has 11 heteroatoms. The third-order valence-electron chi connectivity index (χ3n) is 6.05. The fourth-order valence-electron chi connectivity index (χ4n) is 3.98. The van der Waals surface area contributed by atoms with Crippen LogP contribution in [0.4, 0.5) is 11.4 Å². The second kappa shape index (κ2) is 13.7. The molecule has 0 aliphatic heterocycles. The van der Waals surface area contributed by atoms with E-state index in [0.717, 1.165) is 35.0 Å². The van der Waals surface area contributed by atoms with Crippen molar-refractivity contribution in [2.75, 3.05) is 30.2 Å². The zero-order valence-corrected chi connectivity index (χ0v) is 22.7. The van der Waals surface area contributed by atoms with Gasteiger partial charge in [-0.15, -0.1) is 0 Å². The number of rotatable bonds is 14. The maximum absolute atomic E-state index is 13.7. The largest absolute Gasteiger partial charge is 0.354 e. The predicted molar refractivity (Wildman–Crippen MR) is 144 cm³/mol. The van der Waals surface area contributed by atoms with Crippen molar-refractivity contribution in [2.45, 2.75) is 52.5 Å². The van der Waals surface area contributed by atoms with E-state index in [1.165, 1.54) is 17.0 Å². The Kier molecular flexibility index (Phi) is 11.0. The summed E-state index contributed by atoms with van der Waals surface area (Å²) < 4.78 is 26.4. The molecule has 2 aromatic carbocycles. The highest BCUT2D eigenvalue weighted by Crippen LogP contribution is 2.27. The molecule has 2 amide bonds. The van der Waals surface area contributed by atoms with Crippen molar-refractivity contribution in [2.24, 2.45) is 0 Å². The van der Waals surface area contributed by atoms with Crippen molar-refractivity contribution in [3.05, 3.63) is 69.8 Å². The number of aryl methyl sites for hydroxylation is 1. The molecular formula is C26H36N4O6S. The summed E-state index contributed by atoms with van der Waals surface area (Å²) in [5.41, 5.74) is 1.19. The van der Waals surface area contributed by atoms with Crippen LogP contribution < -0.4 is 9.62 Å². The van der Waals surface area contributed by atoms with Gasteiger partial charge < -0.3 is 10.2 Å². The molecule has 1 atom stereocenters. The number of benzene rings is 2. The number of nitro benzene ring substituents is 1. The molecule has 0 saturated carbocycles. The summed E-state index contributed by atoms with van der Waals surface area (Å²) in [6, 6.07) is 12.6. The Labute approximate surface area is 218 Å². The fraction of sp³-hybridized carbons (Fsp3) is 0.462. The predicted octanol–water partition coefficient (Wildman–Crippen LogP) is 3.44. The lowest BCUT2D eigenvalue weighted by atomic mass is 10.1. The quantitative estimate of drug-likeness (QED) is 0.225. The molecule has 1 unspecified atom stereocenters. The van der Waals surface area contributed by atoms with Crippen LogP contribution in [0.1, 0.15) is 44.2 Å². The van der Waals surface area contributed by atoms with Gasteiger partial charge in [0, 0.05) is 25.2 Å². The molecule has 10 nitrogen and oxygen atoms in total. The van der Waals surface area contributed by atoms with Crippen LogP contribution >= 0.6 is 0 Å². The number of nitrogens with zero attached hydrogens (tertiary/aromatic N) is 3. The number of hydrogen-bond donors (Lipinski definition) is 1. The molecule has 0 spiro atoms. The molecular weight excluding hydrogens is 496 g/mol. The normalized spacial score (nSPS) is 12.0. The van der Waals surface area contributed by atoms with E-state index in [2.05, 4.69) is 5.32 Å². The van der Waals surface area contributed by atoms with Gasteiger partial charge >= 0.3 is 0 Å². The maximum atomic E-state index is 13.7. The molecule has 37 heavy (non-hydrogen) atoms. The number of hydrogen-bond acceptors (Lipinski definition) is 6. The number of carbonyl (C=O) groups excluding carboxylic acids is 2. The first-order valence-corrected chi connectivity index (χ1v) is 14.2. The first kappa shape index (κ1) is 29.8. The average Bonchev–Trinajstić information content (AvgIpc) is 2.85. The van der Waals surface area contributed by atoms with Gasteiger partial charge in [0.1, 0.15) is 12.6 Å². The minimum Gasteiger partial charge on any atom is -0.354 e. The second-order valence-electron chi connectivity index (χ2n) is 8.89. The van der Waals surface area contributed by atoms with E-state index < -0.39 is 33.4 Å². The van der Waals surface area contributed by atoms with Crippen molar-refractivity contribution in [1.29, 1.82) is 0 Å². The molecule has 0 saturated heterocycles. The van der Waals surface area contributed by atoms with Gasteiger partial charge in [-0.25, -0.2) is 8.42 Å². The Morgan fingerprint density at radius 3 is 2.35 bits per heavy atom. The smallest absolute Gasteiger partial charge is 0.271 e. The Morgan fingerprint density at radius 2 is 1.78 bits per heavy atom. The molecule has 0 aliphatic rings. The van der Waals surface area contributed by atoms with E-state index in [0.29, 0.717) is 24.9 Å². The minimum atomic E-state index is -3.99. The summed E-state index contributed by atoms with van der Waals surface area (Å²) in [4.78, 5) is 38.8. The van der Waals surface area contributed by atoms with Crippen molar-refractivity contribution in [3.63, 3.8) is 0 Å². The van der Waals surface area contributed by atoms with Gasteiger partial charge in [-0.2, -0.15) is 0 Å². The Bertz CT molecular complexity index is 1190. The van der Waals surface area contributed by atoms with Gasteiger partial charge in [0.2, 0.25) is 21.8 Å². The zero-order chi connectivity index (χ0) is 27.6. The molecule has 2 aromatic rings. The van der Waals surface area contributed by atoms with Crippen LogP contribution in [-0.2, 0) is 26.0 Å². The third-order valence-corrected chi connectivity index (χ3v) is 7.18. The number of amides is 2. The molecule has 0 heterocycles. The number of sulfonamides is 1. The van der Waals surface area contributed by atoms with Gasteiger partial charge in [-0.1, -0.05) is 56.7 Å². The van der Waals surface area contributed by atoms with E-state index in [1.54, 1.807) is 13.8 Å². The highest BCUT2D eigenvalue weighted by Gasteiger charge is 2.32.